The van der Waals surface area contributed by atoms with Crippen molar-refractivity contribution in [1.29, 1.82) is 0 Å². The van der Waals surface area contributed by atoms with Crippen LogP contribution in [0.1, 0.15) is 34.6 Å². The molecule has 0 aliphatic carbocycles. The maximum absolute atomic E-state index is 11.9. The molecule has 1 fully saturated rings. The molecule has 1 saturated heterocycles. The molecule has 0 radical (unpaired) electrons. The van der Waals surface area contributed by atoms with Crippen molar-refractivity contribution in [2.75, 3.05) is 0 Å². The summed E-state index contributed by atoms with van der Waals surface area (Å²) in [6.07, 6.45) is -0.397. The fourth-order valence-electron chi connectivity index (χ4n) is 1.71. The lowest BCUT2D eigenvalue weighted by molar-refractivity contribution is -0.132. The van der Waals surface area contributed by atoms with E-state index in [1.807, 2.05) is 20.8 Å². The molecule has 1 aliphatic rings. The first-order chi connectivity index (χ1) is 7.70. The molecule has 1 aliphatic heterocycles. The van der Waals surface area contributed by atoms with Crippen LogP contribution in [0.3, 0.4) is 0 Å². The zero-order chi connectivity index (χ0) is 13.4. The molecule has 0 aromatic carbocycles. The van der Waals surface area contributed by atoms with Crippen molar-refractivity contribution in [1.82, 2.24) is 10.6 Å². The van der Waals surface area contributed by atoms with E-state index < -0.39 is 17.7 Å². The van der Waals surface area contributed by atoms with Crippen molar-refractivity contribution < 1.29 is 14.7 Å². The van der Waals surface area contributed by atoms with E-state index in [2.05, 4.69) is 10.6 Å². The number of nitrogens with one attached hydrogen (secondary N) is 2. The predicted molar refractivity (Wildman–Crippen MR) is 64.3 cm³/mol. The Bertz CT molecular complexity index is 387. The second-order valence-electron chi connectivity index (χ2n) is 5.02. The van der Waals surface area contributed by atoms with Gasteiger partial charge in [-0.25, -0.2) is 4.79 Å². The van der Waals surface area contributed by atoms with Crippen LogP contribution in [0.25, 0.3) is 0 Å². The molecular weight excluding hydrogens is 220 g/mol. The second kappa shape index (κ2) is 4.49. The van der Waals surface area contributed by atoms with Gasteiger partial charge in [0.05, 0.1) is 5.54 Å². The molecule has 2 atom stereocenters. The smallest absolute Gasteiger partial charge is 0.331 e. The minimum atomic E-state index is -0.961. The lowest BCUT2D eigenvalue weighted by Crippen LogP contribution is -2.49. The minimum absolute atomic E-state index is 0.0879. The van der Waals surface area contributed by atoms with Crippen LogP contribution in [0.2, 0.25) is 0 Å². The van der Waals surface area contributed by atoms with Crippen LogP contribution in [0, 0.1) is 5.92 Å². The van der Waals surface area contributed by atoms with Gasteiger partial charge in [-0.15, -0.1) is 0 Å². The molecule has 0 spiro atoms. The summed E-state index contributed by atoms with van der Waals surface area (Å²) in [5.74, 6) is -0.919. The Labute approximate surface area is 101 Å². The average molecular weight is 240 g/mol. The maximum atomic E-state index is 11.9. The van der Waals surface area contributed by atoms with Gasteiger partial charge >= 0.3 is 5.97 Å². The van der Waals surface area contributed by atoms with Gasteiger partial charge in [0.15, 0.2) is 0 Å². The van der Waals surface area contributed by atoms with E-state index in [1.54, 1.807) is 6.92 Å². The highest BCUT2D eigenvalue weighted by atomic mass is 16.4. The zero-order valence-electron chi connectivity index (χ0n) is 10.9. The van der Waals surface area contributed by atoms with Crippen LogP contribution in [0.15, 0.2) is 11.1 Å². The summed E-state index contributed by atoms with van der Waals surface area (Å²) in [7, 11) is 0. The number of carboxylic acid groups (broad SMARTS) is 1. The molecule has 96 valence electrons. The standard InChI is InChI=1S/C12H20N2O3/c1-6(2)12(5)11(17)13-9(14-12)7(3)8(4)10(15)16/h6,9,14H,1-5H3,(H,13,17)(H,15,16)/b8-7-. The van der Waals surface area contributed by atoms with Gasteiger partial charge in [0, 0.05) is 5.57 Å². The molecule has 1 amide bonds. The van der Waals surface area contributed by atoms with Gasteiger partial charge in [0.25, 0.3) is 0 Å². The normalized spacial score (nSPS) is 30.2. The Hall–Kier alpha value is -1.36. The summed E-state index contributed by atoms with van der Waals surface area (Å²) in [5, 5.41) is 14.9. The van der Waals surface area contributed by atoms with Gasteiger partial charge in [-0.2, -0.15) is 0 Å². The predicted octanol–water partition coefficient (Wildman–Crippen LogP) is 0.868. The van der Waals surface area contributed by atoms with E-state index in [4.69, 9.17) is 5.11 Å². The highest BCUT2D eigenvalue weighted by molar-refractivity contribution is 5.90. The molecule has 0 bridgehead atoms. The number of aliphatic carboxylic acids is 1. The summed E-state index contributed by atoms with van der Waals surface area (Å²) in [5.41, 5.74) is 0.246. The van der Waals surface area contributed by atoms with Gasteiger partial charge in [-0.05, 0) is 32.3 Å². The summed E-state index contributed by atoms with van der Waals surface area (Å²) >= 11 is 0. The van der Waals surface area contributed by atoms with Crippen molar-refractivity contribution in [2.45, 2.75) is 46.3 Å². The van der Waals surface area contributed by atoms with E-state index in [1.165, 1.54) is 6.92 Å². The van der Waals surface area contributed by atoms with E-state index in [0.717, 1.165) is 0 Å². The summed E-state index contributed by atoms with van der Waals surface area (Å²) in [6, 6.07) is 0. The molecule has 5 nitrogen and oxygen atoms in total. The van der Waals surface area contributed by atoms with Crippen molar-refractivity contribution in [2.24, 2.45) is 5.92 Å². The lowest BCUT2D eigenvalue weighted by atomic mass is 9.89. The number of amides is 1. The monoisotopic (exact) mass is 240 g/mol. The summed E-state index contributed by atoms with van der Waals surface area (Å²) in [6.45, 7) is 9.00. The van der Waals surface area contributed by atoms with Crippen molar-refractivity contribution in [3.8, 4) is 0 Å². The summed E-state index contributed by atoms with van der Waals surface area (Å²) < 4.78 is 0. The third-order valence-corrected chi connectivity index (χ3v) is 3.69. The maximum Gasteiger partial charge on any atom is 0.331 e. The summed E-state index contributed by atoms with van der Waals surface area (Å²) in [4.78, 5) is 22.8. The van der Waals surface area contributed by atoms with Crippen LogP contribution >= 0.6 is 0 Å². The van der Waals surface area contributed by atoms with E-state index in [0.29, 0.717) is 5.57 Å². The van der Waals surface area contributed by atoms with E-state index in [-0.39, 0.29) is 17.4 Å². The Kier molecular flexibility index (Phi) is 3.62. The number of hydrogen-bond donors (Lipinski definition) is 3. The van der Waals surface area contributed by atoms with Crippen molar-refractivity contribution >= 4 is 11.9 Å². The van der Waals surface area contributed by atoms with Crippen LogP contribution in [0.5, 0.6) is 0 Å². The second-order valence-corrected chi connectivity index (χ2v) is 5.02. The van der Waals surface area contributed by atoms with Gasteiger partial charge in [-0.3, -0.25) is 10.1 Å². The Morgan fingerprint density at radius 2 is 1.94 bits per heavy atom. The minimum Gasteiger partial charge on any atom is -0.478 e. The van der Waals surface area contributed by atoms with Gasteiger partial charge in [0.1, 0.15) is 6.17 Å². The van der Waals surface area contributed by atoms with Crippen molar-refractivity contribution in [3.05, 3.63) is 11.1 Å². The fourth-order valence-corrected chi connectivity index (χ4v) is 1.71. The van der Waals surface area contributed by atoms with Crippen molar-refractivity contribution in [3.63, 3.8) is 0 Å². The number of carbonyl (C=O) groups excluding carboxylic acids is 1. The zero-order valence-corrected chi connectivity index (χ0v) is 10.9. The molecule has 1 heterocycles. The number of carboxylic acids is 1. The SMILES string of the molecule is C/C(C(=O)O)=C(\C)C1NC(=O)C(C)(C(C)C)N1. The topological polar surface area (TPSA) is 78.4 Å². The average Bonchev–Trinajstić information content (AvgIpc) is 2.54. The highest BCUT2D eigenvalue weighted by Gasteiger charge is 2.45. The first-order valence-electron chi connectivity index (χ1n) is 5.69. The molecule has 2 unspecified atom stereocenters. The lowest BCUT2D eigenvalue weighted by Gasteiger charge is -2.26. The molecule has 1 rings (SSSR count). The third kappa shape index (κ3) is 2.34. The number of carbonyl (C=O) groups is 2. The number of hydrogen-bond acceptors (Lipinski definition) is 3. The quantitative estimate of drug-likeness (QED) is 0.640. The molecule has 3 N–H and O–H groups in total. The molecular formula is C12H20N2O3. The first-order valence-corrected chi connectivity index (χ1v) is 5.69. The van der Waals surface area contributed by atoms with Crippen LogP contribution in [-0.4, -0.2) is 28.7 Å². The van der Waals surface area contributed by atoms with Gasteiger partial charge < -0.3 is 10.4 Å². The molecule has 0 aromatic heterocycles. The van der Waals surface area contributed by atoms with E-state index >= 15 is 0 Å². The fraction of sp³-hybridized carbons (Fsp3) is 0.667. The Morgan fingerprint density at radius 1 is 1.41 bits per heavy atom. The van der Waals surface area contributed by atoms with Gasteiger partial charge in [0.2, 0.25) is 5.91 Å². The van der Waals surface area contributed by atoms with E-state index in [9.17, 15) is 9.59 Å². The van der Waals surface area contributed by atoms with Crippen LogP contribution < -0.4 is 10.6 Å². The Balaban J connectivity index is 2.98. The van der Waals surface area contributed by atoms with Crippen LogP contribution in [-0.2, 0) is 9.59 Å². The number of rotatable bonds is 3. The highest BCUT2D eigenvalue weighted by Crippen LogP contribution is 2.24. The van der Waals surface area contributed by atoms with Crippen LogP contribution in [0.4, 0.5) is 0 Å². The first kappa shape index (κ1) is 13.7. The largest absolute Gasteiger partial charge is 0.478 e. The third-order valence-electron chi connectivity index (χ3n) is 3.69. The molecule has 5 heteroatoms. The molecule has 0 aromatic rings. The van der Waals surface area contributed by atoms with Gasteiger partial charge in [-0.1, -0.05) is 13.8 Å². The molecule has 0 saturated carbocycles. The Morgan fingerprint density at radius 3 is 2.29 bits per heavy atom. The molecule has 17 heavy (non-hydrogen) atoms.